The fourth-order valence-corrected chi connectivity index (χ4v) is 5.17. The van der Waals surface area contributed by atoms with Gasteiger partial charge in [0.1, 0.15) is 11.5 Å². The highest BCUT2D eigenvalue weighted by Gasteiger charge is 2.47. The summed E-state index contributed by atoms with van der Waals surface area (Å²) in [4.78, 5) is 19.9. The molecule has 30 heavy (non-hydrogen) atoms. The lowest BCUT2D eigenvalue weighted by molar-refractivity contribution is -0.0840. The number of nitrogens with two attached hydrogens (primary N) is 1. The average molecular weight is 424 g/mol. The van der Waals surface area contributed by atoms with Crippen LogP contribution in [0.1, 0.15) is 62.3 Å². The number of pyridine rings is 2. The van der Waals surface area contributed by atoms with E-state index < -0.39 is 29.6 Å². The molecule has 9 heteroatoms. The van der Waals surface area contributed by atoms with Gasteiger partial charge in [-0.25, -0.2) is 17.6 Å². The fraction of sp³-hybridized carbons (Fsp3) is 0.571. The molecule has 2 unspecified atom stereocenters. The van der Waals surface area contributed by atoms with E-state index in [0.29, 0.717) is 24.1 Å². The molecule has 0 aliphatic heterocycles. The van der Waals surface area contributed by atoms with Crippen molar-refractivity contribution in [3.8, 4) is 0 Å². The van der Waals surface area contributed by atoms with Crippen LogP contribution >= 0.6 is 0 Å². The van der Waals surface area contributed by atoms with Gasteiger partial charge in [-0.15, -0.1) is 0 Å². The third-order valence-corrected chi connectivity index (χ3v) is 6.66. The minimum atomic E-state index is -2.87. The van der Waals surface area contributed by atoms with Crippen molar-refractivity contribution in [3.05, 3.63) is 39.9 Å². The van der Waals surface area contributed by atoms with Crippen LogP contribution in [-0.2, 0) is 0 Å². The summed E-state index contributed by atoms with van der Waals surface area (Å²) >= 11 is 0. The van der Waals surface area contributed by atoms with Crippen LogP contribution in [0.15, 0.2) is 23.1 Å². The van der Waals surface area contributed by atoms with E-state index in [-0.39, 0.29) is 54.4 Å². The number of rotatable bonds is 3. The molecule has 4 rings (SSSR count). The van der Waals surface area contributed by atoms with Gasteiger partial charge in [-0.1, -0.05) is 0 Å². The van der Waals surface area contributed by atoms with E-state index >= 15 is 0 Å². The van der Waals surface area contributed by atoms with Crippen molar-refractivity contribution in [2.24, 2.45) is 17.6 Å². The van der Waals surface area contributed by atoms with Gasteiger partial charge in [-0.2, -0.15) is 0 Å². The lowest BCUT2D eigenvalue weighted by Crippen LogP contribution is -2.38. The highest BCUT2D eigenvalue weighted by atomic mass is 19.3. The Kier molecular flexibility index (Phi) is 5.10. The lowest BCUT2D eigenvalue weighted by atomic mass is 9.65. The molecule has 2 aromatic heterocycles. The van der Waals surface area contributed by atoms with Gasteiger partial charge in [-0.3, -0.25) is 15.2 Å². The number of fused-ring (bicyclic) bond motifs is 1. The van der Waals surface area contributed by atoms with Gasteiger partial charge < -0.3 is 10.7 Å². The van der Waals surface area contributed by atoms with Gasteiger partial charge in [0.25, 0.3) is 0 Å². The monoisotopic (exact) mass is 424 g/mol. The maximum Gasteiger partial charge on any atom is 0.248 e. The van der Waals surface area contributed by atoms with Crippen LogP contribution in [0.3, 0.4) is 0 Å². The molecule has 2 fully saturated rings. The summed E-state index contributed by atoms with van der Waals surface area (Å²) in [6, 6.07) is 2.83. The Bertz CT molecular complexity index is 1030. The zero-order chi connectivity index (χ0) is 21.7. The lowest BCUT2D eigenvalue weighted by Gasteiger charge is -2.42. The van der Waals surface area contributed by atoms with Crippen molar-refractivity contribution in [2.45, 2.75) is 62.7 Å². The molecular formula is C21H24F4N4O. The number of nitrogens with one attached hydrogen (secondary N) is 2. The molecule has 2 aliphatic carbocycles. The van der Waals surface area contributed by atoms with E-state index in [4.69, 9.17) is 11.1 Å². The van der Waals surface area contributed by atoms with Crippen LogP contribution in [0.25, 0.3) is 10.9 Å². The van der Waals surface area contributed by atoms with Crippen molar-refractivity contribution in [1.82, 2.24) is 9.97 Å². The standard InChI is InChI=1S/C21H24F4N4O/c22-20(23)5-1-11(2-6-20)12-3-7-21(24,25)10-13(12)15-9-16(30)17-14(29-15)4-8-28-18(17)19(26)27/h4,8-9,11-13H,1-3,5-7,10H2,(H3,26,27)(H,29,30). The molecule has 2 aliphatic rings. The van der Waals surface area contributed by atoms with Gasteiger partial charge in [0.05, 0.1) is 10.9 Å². The molecule has 0 amide bonds. The summed E-state index contributed by atoms with van der Waals surface area (Å²) in [5.41, 5.74) is 5.87. The Balaban J connectivity index is 1.74. The molecular weight excluding hydrogens is 400 g/mol. The summed E-state index contributed by atoms with van der Waals surface area (Å²) in [5.74, 6) is -6.80. The second-order valence-corrected chi connectivity index (χ2v) is 8.65. The van der Waals surface area contributed by atoms with E-state index in [2.05, 4.69) is 9.97 Å². The second-order valence-electron chi connectivity index (χ2n) is 8.65. The van der Waals surface area contributed by atoms with Gasteiger partial charge in [0.2, 0.25) is 11.8 Å². The minimum Gasteiger partial charge on any atom is -0.382 e. The molecule has 162 valence electrons. The number of nitrogen functional groups attached to an aromatic ring is 1. The smallest absolute Gasteiger partial charge is 0.248 e. The molecule has 2 aromatic rings. The fourth-order valence-electron chi connectivity index (χ4n) is 5.17. The van der Waals surface area contributed by atoms with E-state index in [9.17, 15) is 22.4 Å². The van der Waals surface area contributed by atoms with Gasteiger partial charge in [-0.05, 0) is 37.2 Å². The third kappa shape index (κ3) is 3.94. The zero-order valence-corrected chi connectivity index (χ0v) is 16.4. The number of hydrogen-bond acceptors (Lipinski definition) is 3. The predicted molar refractivity (Wildman–Crippen MR) is 105 cm³/mol. The first-order valence-electron chi connectivity index (χ1n) is 10.2. The summed E-state index contributed by atoms with van der Waals surface area (Å²) in [7, 11) is 0. The molecule has 2 heterocycles. The van der Waals surface area contributed by atoms with Crippen molar-refractivity contribution in [2.75, 3.05) is 0 Å². The van der Waals surface area contributed by atoms with E-state index in [1.165, 1.54) is 12.3 Å². The van der Waals surface area contributed by atoms with Crippen LogP contribution in [0.2, 0.25) is 0 Å². The summed E-state index contributed by atoms with van der Waals surface area (Å²) in [5, 5.41) is 7.76. The highest BCUT2D eigenvalue weighted by Crippen LogP contribution is 2.51. The summed E-state index contributed by atoms with van der Waals surface area (Å²) in [6.45, 7) is 0. The number of amidine groups is 1. The zero-order valence-electron chi connectivity index (χ0n) is 16.4. The summed E-state index contributed by atoms with van der Waals surface area (Å²) < 4.78 is 55.9. The SMILES string of the molecule is N=C(N)c1nccc2[nH]c(C3CC(F)(F)CCC3C3CCC(F)(F)CC3)cc(=O)c12. The van der Waals surface area contributed by atoms with Crippen molar-refractivity contribution >= 4 is 16.7 Å². The second kappa shape index (κ2) is 7.35. The topological polar surface area (TPSA) is 95.6 Å². The first kappa shape index (κ1) is 20.8. The van der Waals surface area contributed by atoms with E-state index in [0.717, 1.165) is 0 Å². The summed E-state index contributed by atoms with van der Waals surface area (Å²) in [6.07, 6.45) is 1.11. The number of aromatic amines is 1. The molecule has 0 aromatic carbocycles. The highest BCUT2D eigenvalue weighted by molar-refractivity contribution is 6.04. The number of H-pyrrole nitrogens is 1. The van der Waals surface area contributed by atoms with Gasteiger partial charge in [0, 0.05) is 49.6 Å². The van der Waals surface area contributed by atoms with Crippen molar-refractivity contribution in [3.63, 3.8) is 0 Å². The van der Waals surface area contributed by atoms with Crippen LogP contribution in [0, 0.1) is 17.2 Å². The molecule has 0 spiro atoms. The maximum atomic E-state index is 14.3. The van der Waals surface area contributed by atoms with Crippen LogP contribution in [-0.4, -0.2) is 27.6 Å². The first-order valence-corrected chi connectivity index (χ1v) is 10.2. The van der Waals surface area contributed by atoms with Gasteiger partial charge >= 0.3 is 0 Å². The van der Waals surface area contributed by atoms with Crippen molar-refractivity contribution < 1.29 is 17.6 Å². The van der Waals surface area contributed by atoms with E-state index in [1.54, 1.807) is 6.07 Å². The number of alkyl halides is 4. The Morgan fingerprint density at radius 3 is 2.47 bits per heavy atom. The maximum absolute atomic E-state index is 14.3. The number of nitrogens with zero attached hydrogens (tertiary/aromatic N) is 1. The Hall–Kier alpha value is -2.45. The molecule has 0 radical (unpaired) electrons. The minimum absolute atomic E-state index is 0.0420. The van der Waals surface area contributed by atoms with Gasteiger partial charge in [0.15, 0.2) is 5.43 Å². The quantitative estimate of drug-likeness (QED) is 0.383. The molecule has 5 nitrogen and oxygen atoms in total. The van der Waals surface area contributed by atoms with E-state index in [1.807, 2.05) is 0 Å². The molecule has 4 N–H and O–H groups in total. The Morgan fingerprint density at radius 2 is 1.80 bits per heavy atom. The van der Waals surface area contributed by atoms with Crippen molar-refractivity contribution in [1.29, 1.82) is 5.41 Å². The van der Waals surface area contributed by atoms with Crippen LogP contribution in [0.4, 0.5) is 17.6 Å². The number of aromatic nitrogens is 2. The number of halogens is 4. The molecule has 0 saturated heterocycles. The third-order valence-electron chi connectivity index (χ3n) is 6.66. The first-order chi connectivity index (χ1) is 14.1. The number of hydrogen-bond donors (Lipinski definition) is 3. The van der Waals surface area contributed by atoms with Crippen LogP contribution in [0.5, 0.6) is 0 Å². The normalized spacial score (nSPS) is 26.5. The molecule has 2 saturated carbocycles. The predicted octanol–water partition coefficient (Wildman–Crippen LogP) is 4.55. The Morgan fingerprint density at radius 1 is 1.13 bits per heavy atom. The molecule has 2 atom stereocenters. The average Bonchev–Trinajstić information content (AvgIpc) is 2.67. The largest absolute Gasteiger partial charge is 0.382 e. The molecule has 0 bridgehead atoms. The van der Waals surface area contributed by atoms with Crippen LogP contribution < -0.4 is 11.2 Å². The Labute approximate surface area is 170 Å².